The van der Waals surface area contributed by atoms with Gasteiger partial charge in [-0.15, -0.1) is 0 Å². The predicted molar refractivity (Wildman–Crippen MR) is 212 cm³/mol. The van der Waals surface area contributed by atoms with Gasteiger partial charge >= 0.3 is 0 Å². The minimum atomic E-state index is -0.665. The number of carbonyl (C=O) groups is 1. The van der Waals surface area contributed by atoms with E-state index in [2.05, 4.69) is 60.4 Å². The van der Waals surface area contributed by atoms with E-state index in [1.54, 1.807) is 0 Å². The van der Waals surface area contributed by atoms with Crippen LogP contribution in [0.1, 0.15) is 99.3 Å². The smallest absolute Gasteiger partial charge is 0.237 e. The lowest BCUT2D eigenvalue weighted by Gasteiger charge is -2.54. The van der Waals surface area contributed by atoms with Crippen molar-refractivity contribution in [2.24, 2.45) is 0 Å². The van der Waals surface area contributed by atoms with Crippen LogP contribution in [0, 0.1) is 13.8 Å². The van der Waals surface area contributed by atoms with Crippen molar-refractivity contribution in [1.82, 2.24) is 40.5 Å². The molecular weight excluding hydrogens is 697 g/mol. The lowest BCUT2D eigenvalue weighted by Crippen LogP contribution is -2.75. The van der Waals surface area contributed by atoms with Crippen LogP contribution in [-0.2, 0) is 29.1 Å². The molecule has 3 unspecified atom stereocenters. The zero-order valence-electron chi connectivity index (χ0n) is 33.8. The lowest BCUT2D eigenvalue weighted by atomic mass is 9.93. The minimum Gasteiger partial charge on any atom is -0.485 e. The van der Waals surface area contributed by atoms with E-state index in [-0.39, 0.29) is 30.9 Å². The van der Waals surface area contributed by atoms with Gasteiger partial charge in [-0.3, -0.25) is 30.1 Å². The van der Waals surface area contributed by atoms with E-state index in [0.29, 0.717) is 44.9 Å². The molecular formula is C42H68N8O5. The SMILES string of the molecule is CCN1CCN(C2NC(NC3COC3)CC(C(=O)NC[C@H](O)CN3CCc4c(ccc(OCc5ocnc5C)c4C)C3)N2C2CCCCCCCCC2)CC1. The fraction of sp³-hybridized carbons (Fsp3) is 0.762. The highest BCUT2D eigenvalue weighted by Gasteiger charge is 2.45. The molecule has 2 aromatic rings. The Kier molecular flexibility index (Phi) is 14.5. The van der Waals surface area contributed by atoms with E-state index < -0.39 is 6.10 Å². The number of hydrogen-bond acceptors (Lipinski definition) is 12. The van der Waals surface area contributed by atoms with Crippen LogP contribution in [0.4, 0.5) is 0 Å². The molecule has 306 valence electrons. The summed E-state index contributed by atoms with van der Waals surface area (Å²) in [4.78, 5) is 28.7. The van der Waals surface area contributed by atoms with Gasteiger partial charge in [0.05, 0.1) is 43.3 Å². The first-order chi connectivity index (χ1) is 26.9. The maximum absolute atomic E-state index is 14.5. The van der Waals surface area contributed by atoms with Crippen LogP contribution < -0.4 is 20.7 Å². The Morgan fingerprint density at radius 2 is 1.76 bits per heavy atom. The summed E-state index contributed by atoms with van der Waals surface area (Å²) in [6.45, 7) is 15.6. The Hall–Kier alpha value is -2.62. The van der Waals surface area contributed by atoms with Crippen LogP contribution in [0.5, 0.6) is 5.75 Å². The summed E-state index contributed by atoms with van der Waals surface area (Å²) < 4.78 is 17.1. The fourth-order valence-corrected chi connectivity index (χ4v) is 9.48. The molecule has 4 atom stereocenters. The van der Waals surface area contributed by atoms with Gasteiger partial charge < -0.3 is 29.2 Å². The van der Waals surface area contributed by atoms with Gasteiger partial charge in [0.25, 0.3) is 0 Å². The molecule has 5 aliphatic rings. The number of piperazine rings is 1. The van der Waals surface area contributed by atoms with Gasteiger partial charge in [-0.2, -0.15) is 0 Å². The van der Waals surface area contributed by atoms with Crippen LogP contribution >= 0.6 is 0 Å². The molecule has 5 heterocycles. The van der Waals surface area contributed by atoms with Gasteiger partial charge in [-0.25, -0.2) is 4.98 Å². The van der Waals surface area contributed by atoms with Crippen LogP contribution in [-0.4, -0.2) is 138 Å². The summed E-state index contributed by atoms with van der Waals surface area (Å²) >= 11 is 0. The molecule has 55 heavy (non-hydrogen) atoms. The van der Waals surface area contributed by atoms with Crippen LogP contribution in [0.3, 0.4) is 0 Å². The van der Waals surface area contributed by atoms with Crippen molar-refractivity contribution >= 4 is 5.91 Å². The first kappa shape index (κ1) is 40.6. The van der Waals surface area contributed by atoms with Gasteiger partial charge in [0.2, 0.25) is 5.91 Å². The standard InChI is InChI=1S/C42H68N8O5/c1-4-47-18-20-49(21-19-47)42-46-40(45-33-26-53-27-33)22-37(50(42)34-12-10-8-6-5-7-9-11-13-34)41(52)43-23-35(51)25-48-17-16-36-30(2)38(15-14-32(36)24-48)54-28-39-31(3)44-29-55-39/h14-15,29,33-35,37,40,42,45-46,51H,4-13,16-28H2,1-3H3,(H,43,52)/t35-,37?,40?,42?/m0/s1. The number of nitrogens with zero attached hydrogens (tertiary/aromatic N) is 5. The molecule has 4 aliphatic heterocycles. The predicted octanol–water partition coefficient (Wildman–Crippen LogP) is 3.50. The van der Waals surface area contributed by atoms with Gasteiger partial charge in [0.1, 0.15) is 18.6 Å². The normalized spacial score (nSPS) is 26.6. The van der Waals surface area contributed by atoms with Crippen molar-refractivity contribution < 1.29 is 23.8 Å². The molecule has 3 saturated heterocycles. The molecule has 13 heteroatoms. The number of β-amino-alcohol motifs (C(OH)–C–C–N with tert-alkyl or cyclic N) is 1. The Bertz CT molecular complexity index is 1500. The second kappa shape index (κ2) is 19.7. The first-order valence-corrected chi connectivity index (χ1v) is 21.5. The summed E-state index contributed by atoms with van der Waals surface area (Å²) in [5, 5.41) is 22.5. The number of hydrogen-bond donors (Lipinski definition) is 4. The molecule has 0 radical (unpaired) electrons. The number of aliphatic hydroxyl groups excluding tert-OH is 1. The molecule has 0 spiro atoms. The molecule has 1 aromatic heterocycles. The van der Waals surface area contributed by atoms with Crippen LogP contribution in [0.15, 0.2) is 22.9 Å². The number of nitrogens with one attached hydrogen (secondary N) is 3. The zero-order valence-corrected chi connectivity index (χ0v) is 33.8. The number of amides is 1. The van der Waals surface area contributed by atoms with Crippen molar-refractivity contribution in [2.45, 2.75) is 141 Å². The number of aryl methyl sites for hydroxylation is 1. The summed E-state index contributed by atoms with van der Waals surface area (Å²) in [5.74, 6) is 1.65. The third-order valence-corrected chi connectivity index (χ3v) is 12.9. The number of carbonyl (C=O) groups excluding carboxylic acids is 1. The number of benzene rings is 1. The molecule has 13 nitrogen and oxygen atoms in total. The molecule has 1 aliphatic carbocycles. The molecule has 0 bridgehead atoms. The summed E-state index contributed by atoms with van der Waals surface area (Å²) in [5.41, 5.74) is 4.59. The third kappa shape index (κ3) is 10.5. The highest BCUT2D eigenvalue weighted by Crippen LogP contribution is 2.32. The van der Waals surface area contributed by atoms with E-state index in [9.17, 15) is 9.90 Å². The molecule has 1 aromatic carbocycles. The van der Waals surface area contributed by atoms with Crippen LogP contribution in [0.2, 0.25) is 0 Å². The van der Waals surface area contributed by atoms with Crippen molar-refractivity contribution in [3.05, 3.63) is 46.7 Å². The lowest BCUT2D eigenvalue weighted by molar-refractivity contribution is -0.144. The monoisotopic (exact) mass is 765 g/mol. The second-order valence-electron chi connectivity index (χ2n) is 16.7. The number of fused-ring (bicyclic) bond motifs is 1. The number of oxazole rings is 1. The number of aliphatic hydroxyl groups is 1. The number of rotatable bonds is 13. The molecule has 4 fully saturated rings. The molecule has 1 amide bonds. The summed E-state index contributed by atoms with van der Waals surface area (Å²) in [6.07, 6.45) is 13.5. The number of likely N-dealkylation sites (N-methyl/N-ethyl adjacent to an activating group) is 1. The number of ether oxygens (including phenoxy) is 2. The molecule has 1 saturated carbocycles. The summed E-state index contributed by atoms with van der Waals surface area (Å²) in [6, 6.07) is 4.54. The first-order valence-electron chi connectivity index (χ1n) is 21.5. The molecule has 4 N–H and O–H groups in total. The van der Waals surface area contributed by atoms with Crippen molar-refractivity contribution in [3.8, 4) is 5.75 Å². The molecule has 7 rings (SSSR count). The Balaban J connectivity index is 1.00. The largest absolute Gasteiger partial charge is 0.485 e. The maximum Gasteiger partial charge on any atom is 0.237 e. The zero-order chi connectivity index (χ0) is 38.1. The Morgan fingerprint density at radius 3 is 2.44 bits per heavy atom. The van der Waals surface area contributed by atoms with Gasteiger partial charge in [0.15, 0.2) is 12.2 Å². The Morgan fingerprint density at radius 1 is 1.02 bits per heavy atom. The van der Waals surface area contributed by atoms with E-state index in [4.69, 9.17) is 13.9 Å². The van der Waals surface area contributed by atoms with Crippen molar-refractivity contribution in [1.29, 1.82) is 0 Å². The third-order valence-electron chi connectivity index (χ3n) is 12.9. The highest BCUT2D eigenvalue weighted by molar-refractivity contribution is 5.82. The average Bonchev–Trinajstić information content (AvgIpc) is 3.60. The van der Waals surface area contributed by atoms with E-state index in [0.717, 1.165) is 87.8 Å². The van der Waals surface area contributed by atoms with E-state index in [1.807, 2.05) is 13.0 Å². The Labute approximate surface area is 328 Å². The number of aromatic nitrogens is 1. The van der Waals surface area contributed by atoms with Crippen molar-refractivity contribution in [3.63, 3.8) is 0 Å². The maximum atomic E-state index is 14.5. The minimum absolute atomic E-state index is 0.00798. The van der Waals surface area contributed by atoms with Crippen molar-refractivity contribution in [2.75, 3.05) is 65.6 Å². The quantitative estimate of drug-likeness (QED) is 0.238. The van der Waals surface area contributed by atoms with Gasteiger partial charge in [-0.05, 0) is 62.4 Å². The topological polar surface area (TPSA) is 131 Å². The van der Waals surface area contributed by atoms with E-state index >= 15 is 0 Å². The van der Waals surface area contributed by atoms with Crippen LogP contribution in [0.25, 0.3) is 0 Å². The van der Waals surface area contributed by atoms with Gasteiger partial charge in [-0.1, -0.05) is 57.9 Å². The highest BCUT2D eigenvalue weighted by atomic mass is 16.5. The summed E-state index contributed by atoms with van der Waals surface area (Å²) in [7, 11) is 0. The van der Waals surface area contributed by atoms with Gasteiger partial charge in [0, 0.05) is 64.8 Å². The average molecular weight is 765 g/mol. The van der Waals surface area contributed by atoms with E-state index in [1.165, 1.54) is 62.5 Å². The fourth-order valence-electron chi connectivity index (χ4n) is 9.48. The second-order valence-corrected chi connectivity index (χ2v) is 16.7.